The average Bonchev–Trinajstić information content (AvgIpc) is 2.47. The minimum absolute atomic E-state index is 0.531. The molecule has 2 aromatic carbocycles. The van der Waals surface area contributed by atoms with Crippen molar-refractivity contribution in [2.45, 2.75) is 0 Å². The van der Waals surface area contributed by atoms with E-state index in [1.807, 2.05) is 48.5 Å². The Labute approximate surface area is 106 Å². The van der Waals surface area contributed by atoms with E-state index < -0.39 is 0 Å². The quantitative estimate of drug-likeness (QED) is 0.753. The number of fused-ring (bicyclic) bond motifs is 1. The van der Waals surface area contributed by atoms with Crippen molar-refractivity contribution in [3.05, 3.63) is 54.1 Å². The van der Waals surface area contributed by atoms with E-state index in [0.717, 1.165) is 22.7 Å². The summed E-state index contributed by atoms with van der Waals surface area (Å²) in [5.74, 6) is 1.79. The van der Waals surface area contributed by atoms with E-state index in [0.29, 0.717) is 6.73 Å². The summed E-state index contributed by atoms with van der Waals surface area (Å²) in [5.41, 5.74) is 2.19. The summed E-state index contributed by atoms with van der Waals surface area (Å²) in [4.78, 5) is 0. The molecule has 2 aromatic rings. The third-order valence-corrected chi connectivity index (χ3v) is 2.98. The Bertz CT molecular complexity index is 588. The van der Waals surface area contributed by atoms with E-state index in [4.69, 9.17) is 9.47 Å². The lowest BCUT2D eigenvalue weighted by atomic mass is 10.2. The molecular formula is C15H14NO2+. The smallest absolute Gasteiger partial charge is 0.292 e. The van der Waals surface area contributed by atoms with Crippen molar-refractivity contribution in [1.82, 2.24) is 0 Å². The third kappa shape index (κ3) is 1.95. The Balaban J connectivity index is 1.96. The van der Waals surface area contributed by atoms with Gasteiger partial charge in [0, 0.05) is 12.1 Å². The third-order valence-electron chi connectivity index (χ3n) is 2.98. The summed E-state index contributed by atoms with van der Waals surface area (Å²) in [6.45, 7) is 0.531. The van der Waals surface area contributed by atoms with Gasteiger partial charge in [0.05, 0.1) is 12.7 Å². The van der Waals surface area contributed by atoms with Crippen LogP contribution in [0.5, 0.6) is 11.5 Å². The van der Waals surface area contributed by atoms with Crippen LogP contribution in [0.15, 0.2) is 48.5 Å². The van der Waals surface area contributed by atoms with E-state index in [2.05, 4.69) is 10.8 Å². The second kappa shape index (κ2) is 4.53. The molecule has 0 atom stereocenters. The summed E-state index contributed by atoms with van der Waals surface area (Å²) in [5, 5.41) is 0. The van der Waals surface area contributed by atoms with Crippen LogP contribution in [-0.2, 0) is 0 Å². The number of benzene rings is 2. The zero-order valence-corrected chi connectivity index (χ0v) is 10.2. The Morgan fingerprint density at radius 3 is 2.61 bits per heavy atom. The molecule has 0 aromatic heterocycles. The van der Waals surface area contributed by atoms with Crippen LogP contribution in [0, 0.1) is 0 Å². The van der Waals surface area contributed by atoms with Crippen molar-refractivity contribution in [2.75, 3.05) is 13.8 Å². The van der Waals surface area contributed by atoms with Crippen molar-refractivity contribution in [2.24, 2.45) is 0 Å². The molecule has 0 saturated carbocycles. The zero-order chi connectivity index (χ0) is 12.4. The highest BCUT2D eigenvalue weighted by molar-refractivity contribution is 5.81. The number of rotatable bonds is 2. The lowest BCUT2D eigenvalue weighted by molar-refractivity contribution is -0.476. The van der Waals surface area contributed by atoms with Crippen LogP contribution in [0.2, 0.25) is 0 Å². The lowest BCUT2D eigenvalue weighted by Crippen LogP contribution is -2.20. The molecule has 0 amide bonds. The number of nitrogens with zero attached hydrogens (tertiary/aromatic N) is 1. The highest BCUT2D eigenvalue weighted by Crippen LogP contribution is 2.23. The number of hydrogen-bond acceptors (Lipinski definition) is 2. The molecule has 1 heterocycles. The van der Waals surface area contributed by atoms with Gasteiger partial charge in [-0.25, -0.2) is 0 Å². The van der Waals surface area contributed by atoms with E-state index in [-0.39, 0.29) is 0 Å². The molecule has 18 heavy (non-hydrogen) atoms. The maximum atomic E-state index is 5.71. The molecule has 0 bridgehead atoms. The van der Waals surface area contributed by atoms with Crippen LogP contribution < -0.4 is 9.47 Å². The van der Waals surface area contributed by atoms with Crippen LogP contribution in [0.1, 0.15) is 5.56 Å². The largest absolute Gasteiger partial charge is 0.497 e. The molecular weight excluding hydrogens is 226 g/mol. The van der Waals surface area contributed by atoms with Gasteiger partial charge < -0.3 is 9.47 Å². The van der Waals surface area contributed by atoms with Crippen molar-refractivity contribution in [3.63, 3.8) is 0 Å². The average molecular weight is 240 g/mol. The van der Waals surface area contributed by atoms with Crippen LogP contribution in [0.25, 0.3) is 0 Å². The predicted molar refractivity (Wildman–Crippen MR) is 70.0 cm³/mol. The Hall–Kier alpha value is -2.29. The van der Waals surface area contributed by atoms with Crippen molar-refractivity contribution in [3.8, 4) is 11.5 Å². The summed E-state index contributed by atoms with van der Waals surface area (Å²) in [6, 6.07) is 16.0. The first kappa shape index (κ1) is 10.8. The second-order valence-electron chi connectivity index (χ2n) is 4.11. The molecule has 1 aliphatic heterocycles. The van der Waals surface area contributed by atoms with Gasteiger partial charge in [0.15, 0.2) is 6.21 Å². The van der Waals surface area contributed by atoms with Crippen LogP contribution in [0.4, 0.5) is 5.69 Å². The molecule has 90 valence electrons. The zero-order valence-electron chi connectivity index (χ0n) is 10.2. The number of methoxy groups -OCH3 is 1. The Morgan fingerprint density at radius 1 is 1.06 bits per heavy atom. The van der Waals surface area contributed by atoms with E-state index in [1.165, 1.54) is 0 Å². The van der Waals surface area contributed by atoms with Crippen molar-refractivity contribution >= 4 is 11.9 Å². The van der Waals surface area contributed by atoms with Crippen LogP contribution in [0.3, 0.4) is 0 Å². The molecule has 3 nitrogen and oxygen atoms in total. The normalized spacial score (nSPS) is 13.3. The first-order valence-electron chi connectivity index (χ1n) is 5.84. The number of hydrogen-bond donors (Lipinski definition) is 0. The SMILES string of the molecule is COc1ccc([N+]2=Cc3ccccc3OC2)cc1. The molecule has 0 fully saturated rings. The maximum absolute atomic E-state index is 5.71. The minimum Gasteiger partial charge on any atom is -0.497 e. The maximum Gasteiger partial charge on any atom is 0.292 e. The molecule has 0 unspecified atom stereocenters. The van der Waals surface area contributed by atoms with Gasteiger partial charge in [0.1, 0.15) is 11.5 Å². The Morgan fingerprint density at radius 2 is 1.83 bits per heavy atom. The first-order valence-corrected chi connectivity index (χ1v) is 5.84. The molecule has 0 aliphatic carbocycles. The van der Waals surface area contributed by atoms with Gasteiger partial charge in [-0.2, -0.15) is 4.58 Å². The van der Waals surface area contributed by atoms with E-state index in [1.54, 1.807) is 7.11 Å². The standard InChI is InChI=1S/C15H14NO2/c1-17-14-8-6-13(7-9-14)16-10-12-4-2-3-5-15(12)18-11-16/h2-10H,11H2,1H3/q+1. The molecule has 3 heteroatoms. The summed E-state index contributed by atoms with van der Waals surface area (Å²) >= 11 is 0. The fraction of sp³-hybridized carbons (Fsp3) is 0.133. The summed E-state index contributed by atoms with van der Waals surface area (Å²) < 4.78 is 12.9. The minimum atomic E-state index is 0.531. The molecule has 0 saturated heterocycles. The highest BCUT2D eigenvalue weighted by atomic mass is 16.5. The van der Waals surface area contributed by atoms with Gasteiger partial charge >= 0.3 is 0 Å². The van der Waals surface area contributed by atoms with Crippen LogP contribution in [-0.4, -0.2) is 24.6 Å². The van der Waals surface area contributed by atoms with E-state index >= 15 is 0 Å². The first-order chi connectivity index (χ1) is 8.86. The molecule has 3 rings (SSSR count). The molecule has 0 N–H and O–H groups in total. The van der Waals surface area contributed by atoms with Gasteiger partial charge in [0.25, 0.3) is 6.73 Å². The predicted octanol–water partition coefficient (Wildman–Crippen LogP) is 2.81. The molecule has 0 spiro atoms. The molecule has 0 radical (unpaired) electrons. The van der Waals surface area contributed by atoms with Gasteiger partial charge in [-0.15, -0.1) is 0 Å². The summed E-state index contributed by atoms with van der Waals surface area (Å²) in [7, 11) is 1.67. The molecule has 1 aliphatic rings. The van der Waals surface area contributed by atoms with Gasteiger partial charge in [0.2, 0.25) is 5.69 Å². The van der Waals surface area contributed by atoms with Crippen molar-refractivity contribution < 1.29 is 14.0 Å². The summed E-state index contributed by atoms with van der Waals surface area (Å²) in [6.07, 6.45) is 2.10. The number of para-hydroxylation sites is 1. The lowest BCUT2D eigenvalue weighted by Gasteiger charge is -2.13. The Kier molecular flexibility index (Phi) is 2.73. The fourth-order valence-electron chi connectivity index (χ4n) is 1.99. The number of ether oxygens (including phenoxy) is 2. The highest BCUT2D eigenvalue weighted by Gasteiger charge is 2.17. The van der Waals surface area contributed by atoms with Gasteiger partial charge in [-0.1, -0.05) is 12.1 Å². The van der Waals surface area contributed by atoms with E-state index in [9.17, 15) is 0 Å². The van der Waals surface area contributed by atoms with Crippen molar-refractivity contribution in [1.29, 1.82) is 0 Å². The van der Waals surface area contributed by atoms with Gasteiger partial charge in [-0.3, -0.25) is 0 Å². The monoisotopic (exact) mass is 240 g/mol. The topological polar surface area (TPSA) is 21.5 Å². The van der Waals surface area contributed by atoms with Crippen LogP contribution >= 0.6 is 0 Å². The fourth-order valence-corrected chi connectivity index (χ4v) is 1.99. The van der Waals surface area contributed by atoms with Gasteiger partial charge in [-0.05, 0) is 24.3 Å². The second-order valence-corrected chi connectivity index (χ2v) is 4.11.